The van der Waals surface area contributed by atoms with Crippen LogP contribution in [0.3, 0.4) is 0 Å². The second-order valence-corrected chi connectivity index (χ2v) is 9.61. The highest BCUT2D eigenvalue weighted by Gasteiger charge is 2.41. The van der Waals surface area contributed by atoms with Crippen molar-refractivity contribution >= 4 is 11.8 Å². The molecule has 0 saturated heterocycles. The molecule has 2 aliphatic heterocycles. The lowest BCUT2D eigenvalue weighted by Crippen LogP contribution is -2.51. The van der Waals surface area contributed by atoms with Crippen molar-refractivity contribution in [3.05, 3.63) is 98.5 Å². The maximum atomic E-state index is 14.1. The molecular formula is C28H27F2N3O5. The molecule has 2 aromatic carbocycles. The van der Waals surface area contributed by atoms with Gasteiger partial charge in [0.15, 0.2) is 11.4 Å². The number of ether oxygens (including phenoxy) is 2. The highest BCUT2D eigenvalue weighted by atomic mass is 19.1. The molecule has 0 aliphatic carbocycles. The Morgan fingerprint density at radius 3 is 2.63 bits per heavy atom. The van der Waals surface area contributed by atoms with Gasteiger partial charge in [0.05, 0.1) is 24.9 Å². The molecule has 2 amide bonds. The van der Waals surface area contributed by atoms with Crippen molar-refractivity contribution in [2.45, 2.75) is 45.7 Å². The first-order chi connectivity index (χ1) is 18.3. The van der Waals surface area contributed by atoms with Gasteiger partial charge in [0.25, 0.3) is 11.8 Å². The summed E-state index contributed by atoms with van der Waals surface area (Å²) in [5, 5.41) is 2.55. The largest absolute Gasteiger partial charge is 0.483 e. The number of rotatable bonds is 7. The van der Waals surface area contributed by atoms with Crippen LogP contribution in [-0.2, 0) is 24.5 Å². The number of hydrogen-bond acceptors (Lipinski definition) is 5. The average Bonchev–Trinajstić information content (AvgIpc) is 2.89. The predicted octanol–water partition coefficient (Wildman–Crippen LogP) is 3.57. The quantitative estimate of drug-likeness (QED) is 0.512. The SMILES string of the molecule is CC(C)N1CC2COCc3c(C(=O)NCc4ccc(F)cc4F)c(=O)c(OCc4ccccc4)c(n32)C1=O. The summed E-state index contributed by atoms with van der Waals surface area (Å²) in [5.41, 5.74) is 0.224. The van der Waals surface area contributed by atoms with Crippen LogP contribution >= 0.6 is 0 Å². The summed E-state index contributed by atoms with van der Waals surface area (Å²) in [6, 6.07) is 11.7. The molecule has 0 radical (unpaired) electrons. The van der Waals surface area contributed by atoms with E-state index in [4.69, 9.17) is 9.47 Å². The fourth-order valence-corrected chi connectivity index (χ4v) is 4.88. The molecule has 0 saturated carbocycles. The molecule has 1 unspecified atom stereocenters. The molecule has 3 heterocycles. The van der Waals surface area contributed by atoms with Crippen LogP contribution in [0.5, 0.6) is 5.75 Å². The van der Waals surface area contributed by atoms with E-state index in [0.717, 1.165) is 17.7 Å². The summed E-state index contributed by atoms with van der Waals surface area (Å²) in [7, 11) is 0. The molecular weight excluding hydrogens is 496 g/mol. The lowest BCUT2D eigenvalue weighted by molar-refractivity contribution is 0.0189. The zero-order valence-electron chi connectivity index (χ0n) is 21.0. The van der Waals surface area contributed by atoms with Crippen molar-refractivity contribution in [1.29, 1.82) is 0 Å². The summed E-state index contributed by atoms with van der Waals surface area (Å²) < 4.78 is 40.8. The third kappa shape index (κ3) is 4.67. The molecule has 38 heavy (non-hydrogen) atoms. The highest BCUT2D eigenvalue weighted by molar-refractivity contribution is 6.00. The van der Waals surface area contributed by atoms with Crippen LogP contribution in [0.2, 0.25) is 0 Å². The summed E-state index contributed by atoms with van der Waals surface area (Å²) in [6.07, 6.45) is 0. The van der Waals surface area contributed by atoms with Crippen LogP contribution < -0.4 is 15.5 Å². The number of carbonyl (C=O) groups excluding carboxylic acids is 2. The van der Waals surface area contributed by atoms with E-state index in [9.17, 15) is 23.2 Å². The normalized spacial score (nSPS) is 16.4. The monoisotopic (exact) mass is 523 g/mol. The number of halogens is 2. The maximum Gasteiger partial charge on any atom is 0.274 e. The first-order valence-electron chi connectivity index (χ1n) is 12.3. The standard InChI is InChI=1S/C28H27F2N3O5/c1-16(2)32-12-20-14-37-15-22-23(27(35)31-11-18-8-9-19(29)10-21(18)30)25(34)26(24(28(32)36)33(20)22)38-13-17-6-4-3-5-7-17/h3-10,16,20H,11-15H2,1-2H3,(H,31,35). The van der Waals surface area contributed by atoms with Crippen LogP contribution in [0.1, 0.15) is 57.6 Å². The molecule has 2 aliphatic rings. The van der Waals surface area contributed by atoms with E-state index in [2.05, 4.69) is 5.32 Å². The molecule has 0 spiro atoms. The van der Waals surface area contributed by atoms with Gasteiger partial charge in [0.2, 0.25) is 5.43 Å². The first kappa shape index (κ1) is 25.6. The molecule has 3 aromatic rings. The minimum Gasteiger partial charge on any atom is -0.483 e. The summed E-state index contributed by atoms with van der Waals surface area (Å²) in [5.74, 6) is -2.89. The second kappa shape index (κ2) is 10.4. The van der Waals surface area contributed by atoms with Gasteiger partial charge in [-0.05, 0) is 25.5 Å². The van der Waals surface area contributed by atoms with Gasteiger partial charge in [-0.2, -0.15) is 0 Å². The third-order valence-electron chi connectivity index (χ3n) is 6.78. The van der Waals surface area contributed by atoms with Crippen molar-refractivity contribution in [2.75, 3.05) is 13.2 Å². The van der Waals surface area contributed by atoms with Crippen LogP contribution in [0, 0.1) is 11.6 Å². The highest BCUT2D eigenvalue weighted by Crippen LogP contribution is 2.34. The molecule has 1 aromatic heterocycles. The Morgan fingerprint density at radius 1 is 1.16 bits per heavy atom. The summed E-state index contributed by atoms with van der Waals surface area (Å²) in [6.45, 7) is 4.10. The molecule has 0 fully saturated rings. The van der Waals surface area contributed by atoms with Crippen molar-refractivity contribution in [2.24, 2.45) is 0 Å². The zero-order valence-corrected chi connectivity index (χ0v) is 21.0. The van der Waals surface area contributed by atoms with Gasteiger partial charge in [-0.25, -0.2) is 8.78 Å². The molecule has 8 nitrogen and oxygen atoms in total. The summed E-state index contributed by atoms with van der Waals surface area (Å²) in [4.78, 5) is 42.4. The van der Waals surface area contributed by atoms with Gasteiger partial charge in [-0.3, -0.25) is 14.4 Å². The van der Waals surface area contributed by atoms with E-state index in [1.165, 1.54) is 6.07 Å². The molecule has 1 N–H and O–H groups in total. The third-order valence-corrected chi connectivity index (χ3v) is 6.78. The van der Waals surface area contributed by atoms with E-state index in [1.54, 1.807) is 9.47 Å². The molecule has 1 atom stereocenters. The molecule has 198 valence electrons. The topological polar surface area (TPSA) is 89.9 Å². The number of aromatic nitrogens is 1. The van der Waals surface area contributed by atoms with Gasteiger partial charge in [0.1, 0.15) is 23.8 Å². The average molecular weight is 524 g/mol. The van der Waals surface area contributed by atoms with Crippen molar-refractivity contribution in [1.82, 2.24) is 14.8 Å². The number of pyridine rings is 1. The predicted molar refractivity (Wildman–Crippen MR) is 134 cm³/mol. The maximum absolute atomic E-state index is 14.1. The van der Waals surface area contributed by atoms with Crippen LogP contribution in [0.25, 0.3) is 0 Å². The van der Waals surface area contributed by atoms with Gasteiger partial charge in [-0.1, -0.05) is 36.4 Å². The fraction of sp³-hybridized carbons (Fsp3) is 0.321. The van der Waals surface area contributed by atoms with Gasteiger partial charge >= 0.3 is 0 Å². The minimum absolute atomic E-state index is 0.0143. The number of nitrogens with one attached hydrogen (secondary N) is 1. The molecule has 10 heteroatoms. The lowest BCUT2D eigenvalue weighted by atomic mass is 10.0. The van der Waals surface area contributed by atoms with E-state index in [-0.39, 0.29) is 66.0 Å². The Bertz CT molecular complexity index is 1460. The van der Waals surface area contributed by atoms with Gasteiger partial charge < -0.3 is 24.3 Å². The van der Waals surface area contributed by atoms with Crippen molar-refractivity contribution in [3.8, 4) is 5.75 Å². The van der Waals surface area contributed by atoms with Gasteiger partial charge in [0, 0.05) is 30.8 Å². The second-order valence-electron chi connectivity index (χ2n) is 9.61. The smallest absolute Gasteiger partial charge is 0.274 e. The van der Waals surface area contributed by atoms with Crippen molar-refractivity contribution < 1.29 is 27.8 Å². The lowest BCUT2D eigenvalue weighted by Gasteiger charge is -2.42. The number of carbonyl (C=O) groups is 2. The van der Waals surface area contributed by atoms with E-state index >= 15 is 0 Å². The first-order valence-corrected chi connectivity index (χ1v) is 12.3. The van der Waals surface area contributed by atoms with Crippen LogP contribution in [0.4, 0.5) is 8.78 Å². The Morgan fingerprint density at radius 2 is 1.92 bits per heavy atom. The van der Waals surface area contributed by atoms with Crippen molar-refractivity contribution in [3.63, 3.8) is 0 Å². The Hall–Kier alpha value is -4.05. The van der Waals surface area contributed by atoms with Crippen LogP contribution in [-0.4, -0.2) is 40.5 Å². The van der Waals surface area contributed by atoms with Crippen LogP contribution in [0.15, 0.2) is 53.3 Å². The Labute approximate surface area is 217 Å². The Balaban J connectivity index is 1.59. The number of hydrogen-bond donors (Lipinski definition) is 1. The van der Waals surface area contributed by atoms with E-state index in [0.29, 0.717) is 13.2 Å². The fourth-order valence-electron chi connectivity index (χ4n) is 4.88. The number of nitrogens with zero attached hydrogens (tertiary/aromatic N) is 2. The minimum atomic E-state index is -0.816. The summed E-state index contributed by atoms with van der Waals surface area (Å²) >= 11 is 0. The van der Waals surface area contributed by atoms with Gasteiger partial charge in [-0.15, -0.1) is 0 Å². The number of amides is 2. The van der Waals surface area contributed by atoms with E-state index in [1.807, 2.05) is 44.2 Å². The molecule has 0 bridgehead atoms. The van der Waals surface area contributed by atoms with E-state index < -0.39 is 23.0 Å². The Kier molecular flexibility index (Phi) is 6.98. The molecule has 5 rings (SSSR count). The zero-order chi connectivity index (χ0) is 27.0. The number of benzene rings is 2.